The third-order valence-electron chi connectivity index (χ3n) is 4.23. The van der Waals surface area contributed by atoms with Crippen LogP contribution in [0.15, 0.2) is 24.3 Å². The van der Waals surface area contributed by atoms with E-state index >= 15 is 0 Å². The average molecular weight is 288 g/mol. The van der Waals surface area contributed by atoms with E-state index in [9.17, 15) is 4.79 Å². The molecular formula is C18H28N2O. The molecule has 3 nitrogen and oxygen atoms in total. The first-order valence-electron chi connectivity index (χ1n) is 8.03. The second-order valence-corrected chi connectivity index (χ2v) is 7.33. The van der Waals surface area contributed by atoms with Gasteiger partial charge in [-0.1, -0.05) is 40.2 Å². The van der Waals surface area contributed by atoms with E-state index in [2.05, 4.69) is 30.5 Å². The fourth-order valence-electron chi connectivity index (χ4n) is 3.03. The SMILES string of the molecule is CC(C)C(=O)Nc1cccc(NC2CCCC(C)(C)C2)c1. The van der Waals surface area contributed by atoms with Crippen LogP contribution < -0.4 is 10.6 Å². The number of nitrogens with one attached hydrogen (secondary N) is 2. The van der Waals surface area contributed by atoms with Crippen molar-refractivity contribution < 1.29 is 4.79 Å². The second-order valence-electron chi connectivity index (χ2n) is 7.33. The van der Waals surface area contributed by atoms with Crippen molar-refractivity contribution in [3.05, 3.63) is 24.3 Å². The number of carbonyl (C=O) groups excluding carboxylic acids is 1. The van der Waals surface area contributed by atoms with Crippen molar-refractivity contribution in [1.29, 1.82) is 0 Å². The summed E-state index contributed by atoms with van der Waals surface area (Å²) in [6.07, 6.45) is 5.03. The lowest BCUT2D eigenvalue weighted by Gasteiger charge is -2.36. The number of anilines is 2. The fourth-order valence-corrected chi connectivity index (χ4v) is 3.03. The van der Waals surface area contributed by atoms with Crippen LogP contribution in [0.3, 0.4) is 0 Å². The van der Waals surface area contributed by atoms with Crippen molar-refractivity contribution in [3.8, 4) is 0 Å². The summed E-state index contributed by atoms with van der Waals surface area (Å²) in [6.45, 7) is 8.50. The van der Waals surface area contributed by atoms with Crippen LogP contribution in [0.25, 0.3) is 0 Å². The molecular weight excluding hydrogens is 260 g/mol. The molecule has 1 aliphatic rings. The Hall–Kier alpha value is -1.51. The van der Waals surface area contributed by atoms with Crippen molar-refractivity contribution in [1.82, 2.24) is 0 Å². The number of carbonyl (C=O) groups is 1. The summed E-state index contributed by atoms with van der Waals surface area (Å²) < 4.78 is 0. The summed E-state index contributed by atoms with van der Waals surface area (Å²) in [5.74, 6) is 0.0618. The quantitative estimate of drug-likeness (QED) is 0.846. The van der Waals surface area contributed by atoms with Gasteiger partial charge in [0.15, 0.2) is 0 Å². The third kappa shape index (κ3) is 4.76. The first-order chi connectivity index (χ1) is 9.85. The minimum atomic E-state index is 0.000703. The molecule has 0 radical (unpaired) electrons. The summed E-state index contributed by atoms with van der Waals surface area (Å²) in [5, 5.41) is 6.58. The largest absolute Gasteiger partial charge is 0.382 e. The molecule has 1 atom stereocenters. The lowest BCUT2D eigenvalue weighted by Crippen LogP contribution is -2.31. The van der Waals surface area contributed by atoms with Gasteiger partial charge in [-0.2, -0.15) is 0 Å². The van der Waals surface area contributed by atoms with Gasteiger partial charge in [-0.25, -0.2) is 0 Å². The molecule has 116 valence electrons. The minimum absolute atomic E-state index is 0.000703. The Balaban J connectivity index is 1.99. The Labute approximate surface area is 128 Å². The molecule has 0 bridgehead atoms. The van der Waals surface area contributed by atoms with Crippen LogP contribution in [0.5, 0.6) is 0 Å². The molecule has 1 amide bonds. The van der Waals surface area contributed by atoms with Gasteiger partial charge < -0.3 is 10.6 Å². The first-order valence-corrected chi connectivity index (χ1v) is 8.03. The third-order valence-corrected chi connectivity index (χ3v) is 4.23. The van der Waals surface area contributed by atoms with Crippen LogP contribution in [0, 0.1) is 11.3 Å². The zero-order chi connectivity index (χ0) is 15.5. The van der Waals surface area contributed by atoms with Gasteiger partial charge >= 0.3 is 0 Å². The molecule has 1 saturated carbocycles. The molecule has 0 spiro atoms. The Morgan fingerprint density at radius 3 is 2.67 bits per heavy atom. The van der Waals surface area contributed by atoms with Gasteiger partial charge in [-0.3, -0.25) is 4.79 Å². The van der Waals surface area contributed by atoms with Crippen LogP contribution in [0.1, 0.15) is 53.4 Å². The van der Waals surface area contributed by atoms with Crippen LogP contribution in [-0.4, -0.2) is 11.9 Å². The normalized spacial score (nSPS) is 21.1. The Morgan fingerprint density at radius 1 is 1.29 bits per heavy atom. The van der Waals surface area contributed by atoms with Gasteiger partial charge in [-0.15, -0.1) is 0 Å². The summed E-state index contributed by atoms with van der Waals surface area (Å²) >= 11 is 0. The van der Waals surface area contributed by atoms with Gasteiger partial charge in [0.1, 0.15) is 0 Å². The van der Waals surface area contributed by atoms with E-state index in [0.29, 0.717) is 11.5 Å². The fraction of sp³-hybridized carbons (Fsp3) is 0.611. The Bertz CT molecular complexity index is 494. The van der Waals surface area contributed by atoms with Crippen molar-refractivity contribution >= 4 is 17.3 Å². The average Bonchev–Trinajstić information content (AvgIpc) is 2.37. The van der Waals surface area contributed by atoms with Crippen LogP contribution in [0.2, 0.25) is 0 Å². The molecule has 21 heavy (non-hydrogen) atoms. The highest BCUT2D eigenvalue weighted by atomic mass is 16.1. The number of amides is 1. The minimum Gasteiger partial charge on any atom is -0.382 e. The maximum Gasteiger partial charge on any atom is 0.226 e. The number of benzene rings is 1. The molecule has 3 heteroatoms. The Kier molecular flexibility index (Phi) is 4.92. The predicted octanol–water partition coefficient (Wildman–Crippen LogP) is 4.66. The van der Waals surface area contributed by atoms with Crippen molar-refractivity contribution in [2.75, 3.05) is 10.6 Å². The number of hydrogen-bond acceptors (Lipinski definition) is 2. The lowest BCUT2D eigenvalue weighted by atomic mass is 9.75. The number of rotatable bonds is 4. The maximum absolute atomic E-state index is 11.8. The summed E-state index contributed by atoms with van der Waals surface area (Å²) in [4.78, 5) is 11.8. The molecule has 0 aliphatic heterocycles. The van der Waals surface area contributed by atoms with Crippen LogP contribution in [-0.2, 0) is 4.79 Å². The molecule has 1 fully saturated rings. The summed E-state index contributed by atoms with van der Waals surface area (Å²) in [6, 6.07) is 8.57. The van der Waals surface area contributed by atoms with Gasteiger partial charge in [0, 0.05) is 23.3 Å². The molecule has 1 aliphatic carbocycles. The number of hydrogen-bond donors (Lipinski definition) is 2. The van der Waals surface area contributed by atoms with Gasteiger partial charge in [0.25, 0.3) is 0 Å². The van der Waals surface area contributed by atoms with E-state index in [0.717, 1.165) is 11.4 Å². The van der Waals surface area contributed by atoms with Crippen molar-refractivity contribution in [3.63, 3.8) is 0 Å². The predicted molar refractivity (Wildman–Crippen MR) is 89.6 cm³/mol. The molecule has 1 aromatic rings. The maximum atomic E-state index is 11.8. The van der Waals surface area contributed by atoms with Crippen LogP contribution >= 0.6 is 0 Å². The van der Waals surface area contributed by atoms with Crippen molar-refractivity contribution in [2.45, 2.75) is 59.4 Å². The highest BCUT2D eigenvalue weighted by Gasteiger charge is 2.27. The van der Waals surface area contributed by atoms with E-state index in [1.165, 1.54) is 25.7 Å². The van der Waals surface area contributed by atoms with E-state index in [-0.39, 0.29) is 11.8 Å². The van der Waals surface area contributed by atoms with E-state index in [1.54, 1.807) is 0 Å². The standard InChI is InChI=1S/C18H28N2O/c1-13(2)17(21)20-15-8-5-7-14(11-15)19-16-9-6-10-18(3,4)12-16/h5,7-8,11,13,16,19H,6,9-10,12H2,1-4H3,(H,20,21). The molecule has 1 aromatic carbocycles. The monoisotopic (exact) mass is 288 g/mol. The van der Waals surface area contributed by atoms with Gasteiger partial charge in [0.05, 0.1) is 0 Å². The molecule has 1 unspecified atom stereocenters. The summed E-state index contributed by atoms with van der Waals surface area (Å²) in [7, 11) is 0. The van der Waals surface area contributed by atoms with Gasteiger partial charge in [-0.05, 0) is 42.9 Å². The highest BCUT2D eigenvalue weighted by molar-refractivity contribution is 5.92. The van der Waals surface area contributed by atoms with Crippen molar-refractivity contribution in [2.24, 2.45) is 11.3 Å². The smallest absolute Gasteiger partial charge is 0.226 e. The zero-order valence-corrected chi connectivity index (χ0v) is 13.7. The van der Waals surface area contributed by atoms with Gasteiger partial charge in [0.2, 0.25) is 5.91 Å². The molecule has 0 saturated heterocycles. The van der Waals surface area contributed by atoms with E-state index in [4.69, 9.17) is 0 Å². The van der Waals surface area contributed by atoms with Crippen LogP contribution in [0.4, 0.5) is 11.4 Å². The molecule has 2 N–H and O–H groups in total. The molecule has 0 aromatic heterocycles. The Morgan fingerprint density at radius 2 is 2.00 bits per heavy atom. The summed E-state index contributed by atoms with van der Waals surface area (Å²) in [5.41, 5.74) is 2.40. The lowest BCUT2D eigenvalue weighted by molar-refractivity contribution is -0.118. The molecule has 0 heterocycles. The van der Waals surface area contributed by atoms with E-state index < -0.39 is 0 Å². The van der Waals surface area contributed by atoms with E-state index in [1.807, 2.05) is 32.0 Å². The second kappa shape index (κ2) is 6.50. The first kappa shape index (κ1) is 15.9. The zero-order valence-electron chi connectivity index (χ0n) is 13.7. The topological polar surface area (TPSA) is 41.1 Å². The molecule has 2 rings (SSSR count). The highest BCUT2D eigenvalue weighted by Crippen LogP contribution is 2.36.